The van der Waals surface area contributed by atoms with Gasteiger partial charge in [-0.05, 0) is 146 Å². The fraction of sp³-hybridized carbons (Fsp3) is 0.0411. The van der Waals surface area contributed by atoms with Crippen LogP contribution in [0.4, 0.5) is 0 Å². The summed E-state index contributed by atoms with van der Waals surface area (Å²) in [5, 5.41) is 12.8. The summed E-state index contributed by atoms with van der Waals surface area (Å²) in [5.74, 6) is 0.331. The summed E-state index contributed by atoms with van der Waals surface area (Å²) < 4.78 is 0. The third-order valence-electron chi connectivity index (χ3n) is 16.9. The van der Waals surface area contributed by atoms with Crippen molar-refractivity contribution < 1.29 is 0 Å². The van der Waals surface area contributed by atoms with Crippen LogP contribution in [0.25, 0.3) is 110 Å². The van der Waals surface area contributed by atoms with E-state index in [0.29, 0.717) is 5.92 Å². The van der Waals surface area contributed by atoms with Crippen LogP contribution in [0.1, 0.15) is 40.2 Å². The van der Waals surface area contributed by atoms with Crippen LogP contribution in [-0.2, 0) is 5.41 Å². The largest absolute Gasteiger partial charge is 0.0776 e. The summed E-state index contributed by atoms with van der Waals surface area (Å²) in [5.41, 5.74) is 19.1. The fourth-order valence-electron chi connectivity index (χ4n) is 13.5. The molecule has 16 rings (SSSR count). The minimum absolute atomic E-state index is 0.331. The van der Waals surface area contributed by atoms with Crippen molar-refractivity contribution in [2.45, 2.75) is 17.8 Å². The summed E-state index contributed by atoms with van der Waals surface area (Å²) in [6.07, 6.45) is 6.14. The normalized spacial score (nSPS) is 15.0. The monoisotopic (exact) mass is 986 g/mol. The van der Waals surface area contributed by atoms with Gasteiger partial charge in [0.2, 0.25) is 0 Å². The van der Waals surface area contributed by atoms with Gasteiger partial charge in [0.15, 0.2) is 0 Å². The Hall–Kier alpha value is -8.50. The smallest absolute Gasteiger partial charge is 0.0725 e. The van der Waals surface area contributed by atoms with Crippen LogP contribution in [0.15, 0.2) is 261 Å². The second-order valence-electron chi connectivity index (χ2n) is 20.7. The maximum Gasteiger partial charge on any atom is 0.0725 e. The maximum atomic E-state index is 2.57. The second kappa shape index (κ2) is 16.8. The van der Waals surface area contributed by atoms with Gasteiger partial charge in [-0.15, -0.1) is 0 Å². The molecule has 0 saturated carbocycles. The molecule has 0 N–H and O–H groups in total. The highest BCUT2D eigenvalue weighted by Crippen LogP contribution is 2.64. The molecule has 3 aliphatic carbocycles. The van der Waals surface area contributed by atoms with E-state index in [1.807, 2.05) is 0 Å². The zero-order valence-electron chi connectivity index (χ0n) is 41.2. The van der Waals surface area contributed by atoms with E-state index >= 15 is 0 Å². The first-order chi connectivity index (χ1) is 37.2. The molecule has 0 nitrogen and oxygen atoms in total. The van der Waals surface area contributed by atoms with Crippen molar-refractivity contribution in [3.05, 3.63) is 299 Å². The highest BCUT2D eigenvalue weighted by Gasteiger charge is 2.51. The van der Waals surface area contributed by atoms with Crippen molar-refractivity contribution in [3.63, 3.8) is 0 Å². The number of hydrogen-bond donors (Lipinski definition) is 0. The van der Waals surface area contributed by atoms with Crippen LogP contribution in [0.5, 0.6) is 0 Å². The maximum absolute atomic E-state index is 2.57. The molecule has 2 aromatic heterocycles. The first-order valence-electron chi connectivity index (χ1n) is 26.3. The van der Waals surface area contributed by atoms with E-state index in [0.717, 1.165) is 6.42 Å². The van der Waals surface area contributed by atoms with Crippen molar-refractivity contribution in [2.24, 2.45) is 0 Å². The molecule has 1 spiro atoms. The standard InChI is InChI=1S/C73H48P2/c1-3-15-55(16-4-1)74-69-25-13-9-21-61(69)63-43-51(37-41-71(63)74)47-27-31-49(32-28-47)53-35-39-59-60-40-36-54(46-68(60)73(67(59)45-53)65-23-11-7-19-57(65)58-20-8-12-24-66(58)73)50-33-29-48(30-34-50)52-38-42-72-64(44-52)62-22-10-14-26-70(62)75(72)56-17-5-2-6-18-56/h1-37,39-46,52H,38H2. The van der Waals surface area contributed by atoms with Crippen LogP contribution >= 0.6 is 15.1 Å². The molecule has 2 heterocycles. The molecular weight excluding hydrogens is 939 g/mol. The summed E-state index contributed by atoms with van der Waals surface area (Å²) in [6.45, 7) is 0. The van der Waals surface area contributed by atoms with E-state index in [1.54, 1.807) is 0 Å². The van der Waals surface area contributed by atoms with E-state index in [9.17, 15) is 0 Å². The Labute approximate surface area is 439 Å². The third-order valence-corrected chi connectivity index (χ3v) is 22.0. The molecule has 0 saturated heterocycles. The highest BCUT2D eigenvalue weighted by molar-refractivity contribution is 7.68. The van der Waals surface area contributed by atoms with Crippen molar-refractivity contribution in [2.75, 3.05) is 0 Å². The molecule has 0 aliphatic heterocycles. The van der Waals surface area contributed by atoms with E-state index in [-0.39, 0.29) is 0 Å². The molecule has 350 valence electrons. The van der Waals surface area contributed by atoms with Gasteiger partial charge in [0.25, 0.3) is 0 Å². The molecule has 3 aliphatic rings. The Morgan fingerprint density at radius 2 is 0.760 bits per heavy atom. The van der Waals surface area contributed by atoms with Crippen LogP contribution < -0.4 is 10.2 Å². The van der Waals surface area contributed by atoms with Gasteiger partial charge in [-0.3, -0.25) is 0 Å². The summed E-state index contributed by atoms with van der Waals surface area (Å²) in [7, 11) is -1.12. The minimum Gasteiger partial charge on any atom is -0.0776 e. The lowest BCUT2D eigenvalue weighted by Crippen LogP contribution is -2.26. The predicted molar refractivity (Wildman–Crippen MR) is 322 cm³/mol. The molecule has 11 aromatic carbocycles. The minimum atomic E-state index is -0.582. The Morgan fingerprint density at radius 3 is 1.37 bits per heavy atom. The summed E-state index contributed by atoms with van der Waals surface area (Å²) >= 11 is 0. The molecule has 2 heteroatoms. The van der Waals surface area contributed by atoms with Crippen molar-refractivity contribution in [1.29, 1.82) is 0 Å². The predicted octanol–water partition coefficient (Wildman–Crippen LogP) is 19.2. The Morgan fingerprint density at radius 1 is 0.320 bits per heavy atom. The van der Waals surface area contributed by atoms with Crippen LogP contribution in [0.2, 0.25) is 0 Å². The molecule has 3 atom stereocenters. The van der Waals surface area contributed by atoms with Gasteiger partial charge in [-0.2, -0.15) is 0 Å². The molecule has 0 amide bonds. The van der Waals surface area contributed by atoms with Gasteiger partial charge >= 0.3 is 0 Å². The first-order valence-corrected chi connectivity index (χ1v) is 29.0. The molecule has 75 heavy (non-hydrogen) atoms. The lowest BCUT2D eigenvalue weighted by Gasteiger charge is -2.31. The van der Waals surface area contributed by atoms with E-state index < -0.39 is 20.5 Å². The number of hydrogen-bond acceptors (Lipinski definition) is 0. The average Bonchev–Trinajstić information content (AvgIpc) is 4.19. The lowest BCUT2D eigenvalue weighted by molar-refractivity contribution is 0.794. The van der Waals surface area contributed by atoms with Crippen molar-refractivity contribution in [1.82, 2.24) is 0 Å². The molecule has 0 radical (unpaired) electrons. The molecule has 3 unspecified atom stereocenters. The van der Waals surface area contributed by atoms with Crippen molar-refractivity contribution in [3.8, 4) is 66.2 Å². The summed E-state index contributed by atoms with van der Waals surface area (Å²) in [6, 6.07) is 99.2. The zero-order valence-corrected chi connectivity index (χ0v) is 42.9. The Kier molecular flexibility index (Phi) is 9.60. The first kappa shape index (κ1) is 43.0. The van der Waals surface area contributed by atoms with E-state index in [2.05, 4.69) is 273 Å². The second-order valence-corrected chi connectivity index (χ2v) is 25.0. The van der Waals surface area contributed by atoms with Gasteiger partial charge in [0.1, 0.15) is 0 Å². The Balaban J connectivity index is 0.771. The average molecular weight is 987 g/mol. The highest BCUT2D eigenvalue weighted by atomic mass is 31.1. The van der Waals surface area contributed by atoms with Gasteiger partial charge in [0.05, 0.1) is 5.41 Å². The van der Waals surface area contributed by atoms with E-state index in [1.165, 1.54) is 136 Å². The topological polar surface area (TPSA) is 0 Å². The molecular formula is C73H48P2. The number of fused-ring (bicyclic) bond motifs is 16. The van der Waals surface area contributed by atoms with Gasteiger partial charge in [-0.1, -0.05) is 264 Å². The Bertz CT molecular complexity index is 4550. The van der Waals surface area contributed by atoms with E-state index in [4.69, 9.17) is 0 Å². The van der Waals surface area contributed by atoms with Gasteiger partial charge < -0.3 is 0 Å². The van der Waals surface area contributed by atoms with Crippen LogP contribution in [-0.4, -0.2) is 0 Å². The van der Waals surface area contributed by atoms with Gasteiger partial charge in [-0.25, -0.2) is 0 Å². The number of benzene rings is 11. The third kappa shape index (κ3) is 6.38. The summed E-state index contributed by atoms with van der Waals surface area (Å²) in [4.78, 5) is 1.52. The van der Waals surface area contributed by atoms with Gasteiger partial charge in [0, 0.05) is 26.2 Å². The zero-order chi connectivity index (χ0) is 49.2. The van der Waals surface area contributed by atoms with Crippen LogP contribution in [0.3, 0.4) is 0 Å². The fourth-order valence-corrected chi connectivity index (χ4v) is 18.8. The molecule has 0 bridgehead atoms. The quantitative estimate of drug-likeness (QED) is 0.156. The number of rotatable bonds is 6. The van der Waals surface area contributed by atoms with Crippen molar-refractivity contribution >= 4 is 58.7 Å². The van der Waals surface area contributed by atoms with Crippen LogP contribution in [0, 0.1) is 0 Å². The SMILES string of the molecule is C1=c2c(p(-c3ccccc3)c3ccccc23)=CCC1c1ccc(-c2ccc3c(c2)C2(c4ccccc4-c4ccccc42)c2cc(-c4ccc(-c5ccc6c(c5)c5ccccc5p6-c5ccccc5)cc4)ccc2-3)cc1. The molecule has 13 aromatic rings. The lowest BCUT2D eigenvalue weighted by atomic mass is 9.70. The molecule has 0 fully saturated rings.